The zero-order chi connectivity index (χ0) is 15.5. The standard InChI is InChI=1S/C14H18F3N3S/c1-3-6-21-12-8-10(14(15,16)17)7-11(9(12)2)20-13-18-4-5-19-13/h7-8H,3-6H2,1-2H3,(H2,18,19,20). The number of alkyl halides is 3. The maximum atomic E-state index is 13.0. The molecule has 0 fully saturated rings. The molecule has 0 aliphatic carbocycles. The average Bonchev–Trinajstić information content (AvgIpc) is 2.91. The molecule has 0 spiro atoms. The lowest BCUT2D eigenvalue weighted by Gasteiger charge is -2.17. The second-order valence-electron chi connectivity index (χ2n) is 4.78. The van der Waals surface area contributed by atoms with Gasteiger partial charge in [0, 0.05) is 17.1 Å². The highest BCUT2D eigenvalue weighted by molar-refractivity contribution is 7.99. The predicted octanol–water partition coefficient (Wildman–Crippen LogP) is 3.89. The lowest BCUT2D eigenvalue weighted by molar-refractivity contribution is -0.137. The van der Waals surface area contributed by atoms with Crippen LogP contribution in [0.25, 0.3) is 0 Å². The van der Waals surface area contributed by atoms with E-state index < -0.39 is 11.7 Å². The number of hydrogen-bond donors (Lipinski definition) is 2. The van der Waals surface area contributed by atoms with E-state index in [0.717, 1.165) is 23.8 Å². The van der Waals surface area contributed by atoms with E-state index in [1.165, 1.54) is 17.8 Å². The number of aliphatic imine (C=N–C) groups is 1. The van der Waals surface area contributed by atoms with Gasteiger partial charge in [0.15, 0.2) is 5.96 Å². The van der Waals surface area contributed by atoms with Gasteiger partial charge in [0.05, 0.1) is 12.1 Å². The minimum absolute atomic E-state index is 0.455. The minimum Gasteiger partial charge on any atom is -0.354 e. The highest BCUT2D eigenvalue weighted by atomic mass is 32.2. The summed E-state index contributed by atoms with van der Waals surface area (Å²) in [6, 6.07) is 2.37. The summed E-state index contributed by atoms with van der Waals surface area (Å²) in [7, 11) is 0. The summed E-state index contributed by atoms with van der Waals surface area (Å²) < 4.78 is 39.1. The Bertz CT molecular complexity index is 541. The summed E-state index contributed by atoms with van der Waals surface area (Å²) in [6.07, 6.45) is -3.44. The van der Waals surface area contributed by atoms with Crippen LogP contribution in [0, 0.1) is 6.92 Å². The Morgan fingerprint density at radius 2 is 2.14 bits per heavy atom. The third-order valence-electron chi connectivity index (χ3n) is 3.08. The Balaban J connectivity index is 2.36. The van der Waals surface area contributed by atoms with Crippen molar-refractivity contribution in [3.8, 4) is 0 Å². The van der Waals surface area contributed by atoms with Crippen molar-refractivity contribution >= 4 is 23.4 Å². The Labute approximate surface area is 126 Å². The smallest absolute Gasteiger partial charge is 0.354 e. The van der Waals surface area contributed by atoms with Crippen LogP contribution < -0.4 is 10.6 Å². The molecule has 2 N–H and O–H groups in total. The van der Waals surface area contributed by atoms with Crippen molar-refractivity contribution in [2.45, 2.75) is 31.3 Å². The zero-order valence-corrected chi connectivity index (χ0v) is 12.8. The Morgan fingerprint density at radius 3 is 2.71 bits per heavy atom. The molecule has 1 aromatic carbocycles. The number of anilines is 1. The van der Waals surface area contributed by atoms with Gasteiger partial charge < -0.3 is 10.6 Å². The van der Waals surface area contributed by atoms with Crippen LogP contribution >= 0.6 is 11.8 Å². The highest BCUT2D eigenvalue weighted by Gasteiger charge is 2.32. The topological polar surface area (TPSA) is 36.4 Å². The molecule has 0 saturated heterocycles. The molecule has 1 aromatic rings. The number of thioether (sulfide) groups is 1. The zero-order valence-electron chi connectivity index (χ0n) is 12.0. The van der Waals surface area contributed by atoms with E-state index in [4.69, 9.17) is 0 Å². The lowest BCUT2D eigenvalue weighted by atomic mass is 10.1. The molecule has 0 bridgehead atoms. The second-order valence-corrected chi connectivity index (χ2v) is 5.91. The molecule has 3 nitrogen and oxygen atoms in total. The molecule has 21 heavy (non-hydrogen) atoms. The van der Waals surface area contributed by atoms with Crippen molar-refractivity contribution in [2.24, 2.45) is 4.99 Å². The Kier molecular flexibility index (Phi) is 5.03. The van der Waals surface area contributed by atoms with Gasteiger partial charge in [-0.05, 0) is 36.8 Å². The van der Waals surface area contributed by atoms with Crippen molar-refractivity contribution in [3.63, 3.8) is 0 Å². The molecule has 0 aromatic heterocycles. The second kappa shape index (κ2) is 6.60. The molecule has 2 rings (SSSR count). The van der Waals surface area contributed by atoms with Crippen molar-refractivity contribution in [3.05, 3.63) is 23.3 Å². The van der Waals surface area contributed by atoms with Gasteiger partial charge in [0.25, 0.3) is 0 Å². The molecule has 0 atom stereocenters. The molecule has 7 heteroatoms. The van der Waals surface area contributed by atoms with E-state index in [1.807, 2.05) is 13.8 Å². The van der Waals surface area contributed by atoms with Gasteiger partial charge in [-0.15, -0.1) is 11.8 Å². The first-order valence-corrected chi connectivity index (χ1v) is 7.80. The van der Waals surface area contributed by atoms with E-state index in [0.29, 0.717) is 29.6 Å². The van der Waals surface area contributed by atoms with E-state index in [1.54, 1.807) is 0 Å². The predicted molar refractivity (Wildman–Crippen MR) is 81.1 cm³/mol. The molecule has 1 heterocycles. The fourth-order valence-corrected chi connectivity index (χ4v) is 2.91. The summed E-state index contributed by atoms with van der Waals surface area (Å²) in [4.78, 5) is 4.82. The molecule has 0 radical (unpaired) electrons. The number of rotatable bonds is 4. The van der Waals surface area contributed by atoms with Gasteiger partial charge in [-0.25, -0.2) is 0 Å². The van der Waals surface area contributed by atoms with Gasteiger partial charge in [-0.1, -0.05) is 6.92 Å². The Morgan fingerprint density at radius 1 is 1.38 bits per heavy atom. The van der Waals surface area contributed by atoms with Gasteiger partial charge >= 0.3 is 6.18 Å². The van der Waals surface area contributed by atoms with Crippen LogP contribution in [-0.2, 0) is 6.18 Å². The first-order valence-electron chi connectivity index (χ1n) is 6.81. The minimum atomic E-state index is -4.35. The number of nitrogens with zero attached hydrogens (tertiary/aromatic N) is 1. The van der Waals surface area contributed by atoms with Crippen LogP contribution in [0.1, 0.15) is 24.5 Å². The van der Waals surface area contributed by atoms with Gasteiger partial charge in [-0.3, -0.25) is 4.99 Å². The van der Waals surface area contributed by atoms with E-state index in [-0.39, 0.29) is 0 Å². The fraction of sp³-hybridized carbons (Fsp3) is 0.500. The van der Waals surface area contributed by atoms with Crippen molar-refractivity contribution in [1.29, 1.82) is 0 Å². The van der Waals surface area contributed by atoms with Crippen LogP contribution in [0.5, 0.6) is 0 Å². The van der Waals surface area contributed by atoms with Crippen LogP contribution in [0.4, 0.5) is 18.9 Å². The summed E-state index contributed by atoms with van der Waals surface area (Å²) in [5.74, 6) is 1.32. The summed E-state index contributed by atoms with van der Waals surface area (Å²) in [5, 5.41) is 5.97. The van der Waals surface area contributed by atoms with E-state index >= 15 is 0 Å². The first kappa shape index (κ1) is 16.0. The number of benzene rings is 1. The number of guanidine groups is 1. The molecule has 1 aliphatic heterocycles. The van der Waals surface area contributed by atoms with Crippen molar-refractivity contribution in [2.75, 3.05) is 24.2 Å². The van der Waals surface area contributed by atoms with Crippen molar-refractivity contribution < 1.29 is 13.2 Å². The Hall–Kier alpha value is -1.37. The monoisotopic (exact) mass is 317 g/mol. The van der Waals surface area contributed by atoms with Crippen LogP contribution in [-0.4, -0.2) is 24.8 Å². The average molecular weight is 317 g/mol. The molecule has 0 saturated carbocycles. The molecule has 1 aliphatic rings. The third kappa shape index (κ3) is 4.06. The highest BCUT2D eigenvalue weighted by Crippen LogP contribution is 2.37. The fourth-order valence-electron chi connectivity index (χ4n) is 1.95. The maximum absolute atomic E-state index is 13.0. The molecular formula is C14H18F3N3S. The number of halogens is 3. The molecule has 0 unspecified atom stereocenters. The molecule has 116 valence electrons. The van der Waals surface area contributed by atoms with Crippen LogP contribution in [0.15, 0.2) is 22.0 Å². The summed E-state index contributed by atoms with van der Waals surface area (Å²) in [5.41, 5.74) is 0.641. The van der Waals surface area contributed by atoms with Gasteiger partial charge in [-0.2, -0.15) is 13.2 Å². The van der Waals surface area contributed by atoms with E-state index in [2.05, 4.69) is 15.6 Å². The van der Waals surface area contributed by atoms with Crippen LogP contribution in [0.2, 0.25) is 0 Å². The largest absolute Gasteiger partial charge is 0.416 e. The SMILES string of the molecule is CCCSc1cc(C(F)(F)F)cc(NC2=NCCN2)c1C. The lowest BCUT2D eigenvalue weighted by Crippen LogP contribution is -2.26. The molecule has 0 amide bonds. The third-order valence-corrected chi connectivity index (χ3v) is 4.42. The first-order chi connectivity index (χ1) is 9.91. The summed E-state index contributed by atoms with van der Waals surface area (Å²) >= 11 is 1.45. The van der Waals surface area contributed by atoms with Crippen molar-refractivity contribution in [1.82, 2.24) is 5.32 Å². The van der Waals surface area contributed by atoms with E-state index in [9.17, 15) is 13.2 Å². The van der Waals surface area contributed by atoms with Crippen LogP contribution in [0.3, 0.4) is 0 Å². The number of hydrogen-bond acceptors (Lipinski definition) is 4. The maximum Gasteiger partial charge on any atom is 0.416 e. The number of nitrogens with one attached hydrogen (secondary N) is 2. The molecular weight excluding hydrogens is 299 g/mol. The summed E-state index contributed by atoms with van der Waals surface area (Å²) in [6.45, 7) is 5.18. The normalized spacial score (nSPS) is 14.8. The van der Waals surface area contributed by atoms with Gasteiger partial charge in [0.1, 0.15) is 0 Å². The quantitative estimate of drug-likeness (QED) is 0.827. The van der Waals surface area contributed by atoms with Gasteiger partial charge in [0.2, 0.25) is 0 Å².